The number of fused-ring (bicyclic) bond motifs is 1. The summed E-state index contributed by atoms with van der Waals surface area (Å²) in [5.41, 5.74) is 3.21. The number of benzene rings is 4. The molecule has 5 N–H and O–H groups in total. The van der Waals surface area contributed by atoms with E-state index in [0.29, 0.717) is 62.1 Å². The van der Waals surface area contributed by atoms with Gasteiger partial charge >= 0.3 is 5.97 Å². The molecule has 5 aromatic rings. The normalized spacial score (nSPS) is 14.6. The molecule has 52 heavy (non-hydrogen) atoms. The zero-order valence-corrected chi connectivity index (χ0v) is 29.1. The number of aliphatic carboxylic acids is 1. The molecule has 1 unspecified atom stereocenters. The lowest BCUT2D eigenvalue weighted by atomic mass is 9.73. The highest BCUT2D eigenvalue weighted by Gasteiger charge is 2.43. The molecule has 0 bridgehead atoms. The van der Waals surface area contributed by atoms with Crippen LogP contribution in [0.1, 0.15) is 54.9 Å². The SMILES string of the molecule is O=C(Cc1ccc(OCCCCCNCC(O)c2ccc(O)c3[nH]c(=O)ccc23)c(-c2ccccc2)c1)N1CCC(C(=O)O)(c2ccccc2)CC1. The molecule has 1 atom stereocenters. The first kappa shape index (κ1) is 36.3. The van der Waals surface area contributed by atoms with Gasteiger partial charge in [-0.2, -0.15) is 0 Å². The number of nitrogens with zero attached hydrogens (tertiary/aromatic N) is 1. The summed E-state index contributed by atoms with van der Waals surface area (Å²) < 4.78 is 6.26. The number of amides is 1. The summed E-state index contributed by atoms with van der Waals surface area (Å²) in [4.78, 5) is 41.9. The first-order valence-electron chi connectivity index (χ1n) is 17.9. The summed E-state index contributed by atoms with van der Waals surface area (Å²) in [7, 11) is 0. The molecule has 1 amide bonds. The van der Waals surface area contributed by atoms with Crippen LogP contribution in [0.3, 0.4) is 0 Å². The highest BCUT2D eigenvalue weighted by Crippen LogP contribution is 2.37. The smallest absolute Gasteiger partial charge is 0.314 e. The van der Waals surface area contributed by atoms with Crippen molar-refractivity contribution in [1.82, 2.24) is 15.2 Å². The van der Waals surface area contributed by atoms with Gasteiger partial charge in [-0.25, -0.2) is 0 Å². The third kappa shape index (κ3) is 8.36. The first-order chi connectivity index (χ1) is 25.2. The van der Waals surface area contributed by atoms with Crippen LogP contribution in [0.2, 0.25) is 0 Å². The van der Waals surface area contributed by atoms with Crippen LogP contribution >= 0.6 is 0 Å². The molecule has 1 aliphatic heterocycles. The fourth-order valence-corrected chi connectivity index (χ4v) is 7.07. The van der Waals surface area contributed by atoms with Crippen LogP contribution in [0, 0.1) is 0 Å². The van der Waals surface area contributed by atoms with Crippen LogP contribution < -0.4 is 15.6 Å². The van der Waals surface area contributed by atoms with Crippen LogP contribution in [0.5, 0.6) is 11.5 Å². The molecular weight excluding hydrogens is 658 g/mol. The van der Waals surface area contributed by atoms with E-state index in [-0.39, 0.29) is 23.6 Å². The topological polar surface area (TPSA) is 152 Å². The zero-order chi connectivity index (χ0) is 36.5. The standard InChI is InChI=1S/C42H45N3O7/c46-35-17-15-32(33-16-19-38(48)44-40(33)35)36(47)28-43-22-8-3-9-25-52-37-18-14-29(26-34(37)30-10-4-1-5-11-30)27-39(49)45-23-20-42(21-24-45,41(50)51)31-12-6-2-7-13-31/h1-2,4-7,10-19,26,36,43,46-47H,3,8-9,20-25,27-28H2,(H,44,48)(H,50,51). The third-order valence-corrected chi connectivity index (χ3v) is 10.0. The van der Waals surface area contributed by atoms with E-state index < -0.39 is 17.5 Å². The Morgan fingerprint density at radius 2 is 1.62 bits per heavy atom. The molecule has 2 heterocycles. The van der Waals surface area contributed by atoms with E-state index in [1.165, 1.54) is 12.1 Å². The van der Waals surface area contributed by atoms with Crippen molar-refractivity contribution in [2.75, 3.05) is 32.8 Å². The van der Waals surface area contributed by atoms with Crippen LogP contribution in [0.15, 0.2) is 108 Å². The summed E-state index contributed by atoms with van der Waals surface area (Å²) in [5.74, 6) is -0.154. The van der Waals surface area contributed by atoms with E-state index in [1.807, 2.05) is 78.9 Å². The van der Waals surface area contributed by atoms with E-state index in [0.717, 1.165) is 47.3 Å². The van der Waals surface area contributed by atoms with Crippen LogP contribution in [-0.2, 0) is 21.4 Å². The van der Waals surface area contributed by atoms with Crippen LogP contribution in [0.4, 0.5) is 0 Å². The van der Waals surface area contributed by atoms with Gasteiger partial charge in [0, 0.05) is 36.7 Å². The van der Waals surface area contributed by atoms with Crippen molar-refractivity contribution in [3.05, 3.63) is 130 Å². The van der Waals surface area contributed by atoms with Crippen LogP contribution in [0.25, 0.3) is 22.0 Å². The van der Waals surface area contributed by atoms with Gasteiger partial charge in [0.25, 0.3) is 0 Å². The number of aromatic nitrogens is 1. The van der Waals surface area contributed by atoms with Crippen molar-refractivity contribution in [2.24, 2.45) is 0 Å². The molecule has 0 saturated carbocycles. The number of carboxylic acid groups (broad SMARTS) is 1. The number of aromatic hydroxyl groups is 1. The van der Waals surface area contributed by atoms with E-state index in [2.05, 4.69) is 10.3 Å². The summed E-state index contributed by atoms with van der Waals surface area (Å²) in [6, 6.07) is 31.3. The van der Waals surface area contributed by atoms with Gasteiger partial charge in [0.05, 0.1) is 30.1 Å². The number of pyridine rings is 1. The molecule has 0 spiro atoms. The van der Waals surface area contributed by atoms with Gasteiger partial charge in [-0.3, -0.25) is 14.4 Å². The zero-order valence-electron chi connectivity index (χ0n) is 29.1. The minimum Gasteiger partial charge on any atom is -0.506 e. The monoisotopic (exact) mass is 703 g/mol. The number of carboxylic acids is 1. The number of likely N-dealkylation sites (tertiary alicyclic amines) is 1. The molecule has 0 radical (unpaired) electrons. The van der Waals surface area contributed by atoms with Gasteiger partial charge < -0.3 is 35.3 Å². The number of piperidine rings is 1. The van der Waals surface area contributed by atoms with Crippen molar-refractivity contribution in [3.8, 4) is 22.6 Å². The maximum absolute atomic E-state index is 13.4. The highest BCUT2D eigenvalue weighted by atomic mass is 16.5. The van der Waals surface area contributed by atoms with Gasteiger partial charge in [-0.1, -0.05) is 72.8 Å². The fourth-order valence-electron chi connectivity index (χ4n) is 7.07. The first-order valence-corrected chi connectivity index (χ1v) is 17.9. The lowest BCUT2D eigenvalue weighted by Gasteiger charge is -2.39. The number of ether oxygens (including phenoxy) is 1. The molecule has 1 saturated heterocycles. The van der Waals surface area contributed by atoms with E-state index in [9.17, 15) is 29.7 Å². The minimum absolute atomic E-state index is 0.0198. The number of rotatable bonds is 15. The van der Waals surface area contributed by atoms with Gasteiger partial charge in [0.1, 0.15) is 11.5 Å². The Labute approximate surface area is 302 Å². The number of unbranched alkanes of at least 4 members (excludes halogenated alkanes) is 2. The van der Waals surface area contributed by atoms with Crippen molar-refractivity contribution in [3.63, 3.8) is 0 Å². The van der Waals surface area contributed by atoms with E-state index in [4.69, 9.17) is 4.74 Å². The minimum atomic E-state index is -0.981. The average molecular weight is 704 g/mol. The molecule has 10 heteroatoms. The predicted molar refractivity (Wildman–Crippen MR) is 201 cm³/mol. The van der Waals surface area contributed by atoms with Gasteiger partial charge in [0.15, 0.2) is 0 Å². The number of hydrogen-bond donors (Lipinski definition) is 5. The predicted octanol–water partition coefficient (Wildman–Crippen LogP) is 5.96. The molecule has 270 valence electrons. The second kappa shape index (κ2) is 16.7. The number of carbonyl (C=O) groups is 2. The number of aromatic amines is 1. The molecule has 1 aliphatic rings. The Morgan fingerprint density at radius 1 is 0.885 bits per heavy atom. The molecule has 10 nitrogen and oxygen atoms in total. The molecule has 4 aromatic carbocycles. The van der Waals surface area contributed by atoms with Crippen LogP contribution in [-0.4, -0.2) is 69.9 Å². The number of carbonyl (C=O) groups excluding carboxylic acids is 1. The van der Waals surface area contributed by atoms with Gasteiger partial charge in [-0.15, -0.1) is 0 Å². The maximum Gasteiger partial charge on any atom is 0.314 e. The van der Waals surface area contributed by atoms with E-state index in [1.54, 1.807) is 17.0 Å². The van der Waals surface area contributed by atoms with Crippen molar-refractivity contribution in [2.45, 2.75) is 50.0 Å². The number of aliphatic hydroxyl groups is 1. The summed E-state index contributed by atoms with van der Waals surface area (Å²) in [6.45, 7) is 2.35. The summed E-state index contributed by atoms with van der Waals surface area (Å²) in [6.07, 6.45) is 2.81. The number of H-pyrrole nitrogens is 1. The molecule has 1 fully saturated rings. The average Bonchev–Trinajstić information content (AvgIpc) is 3.17. The number of hydrogen-bond acceptors (Lipinski definition) is 7. The molecule has 0 aliphatic carbocycles. The number of nitrogens with one attached hydrogen (secondary N) is 2. The largest absolute Gasteiger partial charge is 0.506 e. The van der Waals surface area contributed by atoms with Gasteiger partial charge in [0.2, 0.25) is 11.5 Å². The molecular formula is C42H45N3O7. The Hall–Kier alpha value is -5.45. The lowest BCUT2D eigenvalue weighted by molar-refractivity contribution is -0.148. The molecule has 1 aromatic heterocycles. The number of phenolic OH excluding ortho intramolecular Hbond substituents is 1. The quantitative estimate of drug-likeness (QED) is 0.0838. The number of phenols is 1. The Balaban J connectivity index is 0.986. The lowest BCUT2D eigenvalue weighted by Crippen LogP contribution is -2.49. The number of aliphatic hydroxyl groups excluding tert-OH is 1. The van der Waals surface area contributed by atoms with Crippen molar-refractivity contribution in [1.29, 1.82) is 0 Å². The third-order valence-electron chi connectivity index (χ3n) is 10.0. The van der Waals surface area contributed by atoms with E-state index >= 15 is 0 Å². The second-order valence-electron chi connectivity index (χ2n) is 13.4. The van der Waals surface area contributed by atoms with Crippen molar-refractivity contribution < 1.29 is 29.6 Å². The highest BCUT2D eigenvalue weighted by molar-refractivity contribution is 5.87. The molecule has 6 rings (SSSR count). The van der Waals surface area contributed by atoms with Gasteiger partial charge in [-0.05, 0) is 85.2 Å². The van der Waals surface area contributed by atoms with Crippen molar-refractivity contribution >= 4 is 22.8 Å². The fraction of sp³-hybridized carbons (Fsp3) is 0.310. The second-order valence-corrected chi connectivity index (χ2v) is 13.4. The Bertz CT molecular complexity index is 2040. The Kier molecular flexibility index (Phi) is 11.7. The maximum atomic E-state index is 13.4. The Morgan fingerprint density at radius 3 is 2.35 bits per heavy atom. The summed E-state index contributed by atoms with van der Waals surface area (Å²) >= 11 is 0. The summed E-state index contributed by atoms with van der Waals surface area (Å²) in [5, 5.41) is 34.9.